The van der Waals surface area contributed by atoms with Gasteiger partial charge in [-0.1, -0.05) is 0 Å². The quantitative estimate of drug-likeness (QED) is 0.831. The van der Waals surface area contributed by atoms with Gasteiger partial charge in [0, 0.05) is 11.6 Å². The molecule has 1 unspecified atom stereocenters. The largest absolute Gasteiger partial charge is 0.497 e. The van der Waals surface area contributed by atoms with Gasteiger partial charge in [0.05, 0.1) is 19.1 Å². The van der Waals surface area contributed by atoms with Gasteiger partial charge < -0.3 is 14.8 Å². The van der Waals surface area contributed by atoms with Gasteiger partial charge in [0.15, 0.2) is 0 Å². The predicted molar refractivity (Wildman–Crippen MR) is 76.1 cm³/mol. The topological polar surface area (TPSA) is 30.5 Å². The maximum absolute atomic E-state index is 5.57. The Bertz CT molecular complexity index is 403. The number of hydrogen-bond donors (Lipinski definition) is 1. The van der Waals surface area contributed by atoms with E-state index in [1.807, 2.05) is 6.07 Å². The molecule has 0 bridgehead atoms. The number of nitrogens with one attached hydrogen (secondary N) is 1. The third-order valence-electron chi connectivity index (χ3n) is 3.39. The molecule has 0 aliphatic carbocycles. The van der Waals surface area contributed by atoms with Crippen LogP contribution in [0.4, 0.5) is 0 Å². The minimum atomic E-state index is 0.570. The normalized spacial score (nSPS) is 18.9. The molecule has 1 atom stereocenters. The lowest BCUT2D eigenvalue weighted by Gasteiger charge is -2.17. The van der Waals surface area contributed by atoms with Crippen molar-refractivity contribution in [3.63, 3.8) is 0 Å². The van der Waals surface area contributed by atoms with E-state index >= 15 is 0 Å². The van der Waals surface area contributed by atoms with Crippen LogP contribution in [0.3, 0.4) is 0 Å². The zero-order valence-electron chi connectivity index (χ0n) is 11.3. The molecule has 1 aromatic carbocycles. The first kappa shape index (κ1) is 13.6. The highest BCUT2D eigenvalue weighted by Gasteiger charge is 2.19. The molecular formula is C14H21NO2S. The molecule has 0 amide bonds. The van der Waals surface area contributed by atoms with Crippen LogP contribution in [0.25, 0.3) is 0 Å². The van der Waals surface area contributed by atoms with E-state index in [2.05, 4.69) is 17.6 Å². The van der Waals surface area contributed by atoms with Crippen LogP contribution in [-0.4, -0.2) is 33.1 Å². The van der Waals surface area contributed by atoms with Crippen LogP contribution in [0.1, 0.15) is 18.4 Å². The summed E-state index contributed by atoms with van der Waals surface area (Å²) in [5.41, 5.74) is 1.24. The van der Waals surface area contributed by atoms with Crippen molar-refractivity contribution in [1.29, 1.82) is 0 Å². The summed E-state index contributed by atoms with van der Waals surface area (Å²) in [4.78, 5) is 1.14. The first-order valence-corrected chi connectivity index (χ1v) is 7.53. The number of thioether (sulfide) groups is 1. The molecule has 1 heterocycles. The van der Waals surface area contributed by atoms with Gasteiger partial charge in [-0.25, -0.2) is 0 Å². The molecule has 0 radical (unpaired) electrons. The minimum Gasteiger partial charge on any atom is -0.497 e. The Balaban J connectivity index is 2.29. The van der Waals surface area contributed by atoms with E-state index in [1.165, 1.54) is 18.4 Å². The van der Waals surface area contributed by atoms with Crippen molar-refractivity contribution in [2.45, 2.75) is 30.2 Å². The maximum Gasteiger partial charge on any atom is 0.135 e. The van der Waals surface area contributed by atoms with Crippen molar-refractivity contribution in [2.24, 2.45) is 0 Å². The minimum absolute atomic E-state index is 0.570. The highest BCUT2D eigenvalue weighted by atomic mass is 32.2. The van der Waals surface area contributed by atoms with Gasteiger partial charge in [0.1, 0.15) is 11.5 Å². The molecule has 1 aliphatic rings. The Labute approximate surface area is 113 Å². The average Bonchev–Trinajstić information content (AvgIpc) is 2.90. The van der Waals surface area contributed by atoms with Crippen molar-refractivity contribution >= 4 is 11.8 Å². The molecule has 2 rings (SSSR count). The molecule has 0 spiro atoms. The Morgan fingerprint density at radius 2 is 2.17 bits per heavy atom. The number of rotatable bonds is 5. The second kappa shape index (κ2) is 6.34. The van der Waals surface area contributed by atoms with E-state index in [0.717, 1.165) is 29.4 Å². The van der Waals surface area contributed by atoms with Crippen LogP contribution >= 0.6 is 11.8 Å². The summed E-state index contributed by atoms with van der Waals surface area (Å²) in [6.45, 7) is 1.13. The highest BCUT2D eigenvalue weighted by molar-refractivity contribution is 7.98. The van der Waals surface area contributed by atoms with Gasteiger partial charge in [-0.15, -0.1) is 11.8 Å². The summed E-state index contributed by atoms with van der Waals surface area (Å²) in [5, 5.41) is 3.53. The van der Waals surface area contributed by atoms with Gasteiger partial charge >= 0.3 is 0 Å². The fourth-order valence-corrected chi connectivity index (χ4v) is 3.11. The molecular weight excluding hydrogens is 246 g/mol. The van der Waals surface area contributed by atoms with Gasteiger partial charge in [0.25, 0.3) is 0 Å². The molecule has 18 heavy (non-hydrogen) atoms. The second-order valence-corrected chi connectivity index (χ2v) is 5.37. The highest BCUT2D eigenvalue weighted by Crippen LogP contribution is 2.36. The van der Waals surface area contributed by atoms with Gasteiger partial charge in [0.2, 0.25) is 0 Å². The Morgan fingerprint density at radius 1 is 1.33 bits per heavy atom. The van der Waals surface area contributed by atoms with Crippen molar-refractivity contribution in [3.05, 3.63) is 17.7 Å². The molecule has 1 aromatic rings. The molecule has 1 aliphatic heterocycles. The lowest BCUT2D eigenvalue weighted by molar-refractivity contribution is 0.387. The summed E-state index contributed by atoms with van der Waals surface area (Å²) in [5.74, 6) is 1.91. The lowest BCUT2D eigenvalue weighted by atomic mass is 10.0. The van der Waals surface area contributed by atoms with Crippen LogP contribution in [0.15, 0.2) is 17.0 Å². The SMILES string of the molecule is COc1cc(CC2CCCN2)c(OC)c(SC)c1. The van der Waals surface area contributed by atoms with Crippen LogP contribution in [-0.2, 0) is 6.42 Å². The molecule has 1 saturated heterocycles. The molecule has 0 aromatic heterocycles. The summed E-state index contributed by atoms with van der Waals surface area (Å²) >= 11 is 1.70. The van der Waals surface area contributed by atoms with Crippen molar-refractivity contribution in [3.8, 4) is 11.5 Å². The summed E-state index contributed by atoms with van der Waals surface area (Å²) < 4.78 is 10.9. The van der Waals surface area contributed by atoms with E-state index in [0.29, 0.717) is 6.04 Å². The van der Waals surface area contributed by atoms with Crippen LogP contribution in [0.5, 0.6) is 11.5 Å². The average molecular weight is 267 g/mol. The zero-order chi connectivity index (χ0) is 13.0. The third-order valence-corrected chi connectivity index (χ3v) is 4.14. The van der Waals surface area contributed by atoms with Gasteiger partial charge in [-0.2, -0.15) is 0 Å². The first-order chi connectivity index (χ1) is 8.78. The predicted octanol–water partition coefficient (Wildman–Crippen LogP) is 2.72. The van der Waals surface area contributed by atoms with Crippen LogP contribution in [0, 0.1) is 0 Å². The van der Waals surface area contributed by atoms with E-state index in [4.69, 9.17) is 9.47 Å². The van der Waals surface area contributed by atoms with Crippen molar-refractivity contribution in [1.82, 2.24) is 5.32 Å². The zero-order valence-corrected chi connectivity index (χ0v) is 12.1. The maximum atomic E-state index is 5.57. The van der Waals surface area contributed by atoms with Crippen molar-refractivity contribution < 1.29 is 9.47 Å². The number of ether oxygens (including phenoxy) is 2. The molecule has 3 nitrogen and oxygen atoms in total. The second-order valence-electron chi connectivity index (χ2n) is 4.52. The van der Waals surface area contributed by atoms with Crippen LogP contribution < -0.4 is 14.8 Å². The Hall–Kier alpha value is -0.870. The standard InChI is InChI=1S/C14H21NO2S/c1-16-12-8-10(7-11-5-4-6-15-11)14(17-2)13(9-12)18-3/h8-9,11,15H,4-7H2,1-3H3. The molecule has 4 heteroatoms. The first-order valence-electron chi connectivity index (χ1n) is 6.30. The van der Waals surface area contributed by atoms with Crippen LogP contribution in [0.2, 0.25) is 0 Å². The van der Waals surface area contributed by atoms with Crippen molar-refractivity contribution in [2.75, 3.05) is 27.0 Å². The monoisotopic (exact) mass is 267 g/mol. The fourth-order valence-electron chi connectivity index (χ4n) is 2.48. The van der Waals surface area contributed by atoms with Gasteiger partial charge in [-0.3, -0.25) is 0 Å². The van der Waals surface area contributed by atoms with E-state index in [-0.39, 0.29) is 0 Å². The van der Waals surface area contributed by atoms with E-state index in [1.54, 1.807) is 26.0 Å². The van der Waals surface area contributed by atoms with Gasteiger partial charge in [-0.05, 0) is 44.2 Å². The third kappa shape index (κ3) is 2.93. The lowest BCUT2D eigenvalue weighted by Crippen LogP contribution is -2.23. The number of hydrogen-bond acceptors (Lipinski definition) is 4. The van der Waals surface area contributed by atoms with E-state index in [9.17, 15) is 0 Å². The summed E-state index contributed by atoms with van der Waals surface area (Å²) in [6, 6.07) is 4.70. The smallest absolute Gasteiger partial charge is 0.135 e. The number of benzene rings is 1. The molecule has 1 fully saturated rings. The summed E-state index contributed by atoms with van der Waals surface area (Å²) in [6.07, 6.45) is 5.59. The fraction of sp³-hybridized carbons (Fsp3) is 0.571. The molecule has 1 N–H and O–H groups in total. The molecule has 0 saturated carbocycles. The molecule has 100 valence electrons. The number of methoxy groups -OCH3 is 2. The summed E-state index contributed by atoms with van der Waals surface area (Å²) in [7, 11) is 3.45. The Morgan fingerprint density at radius 3 is 2.72 bits per heavy atom. The Kier molecular flexibility index (Phi) is 4.78. The van der Waals surface area contributed by atoms with E-state index < -0.39 is 0 Å².